The zero-order valence-electron chi connectivity index (χ0n) is 15.8. The third kappa shape index (κ3) is 4.72. The molecule has 0 radical (unpaired) electrons. The van der Waals surface area contributed by atoms with Crippen molar-refractivity contribution in [3.05, 3.63) is 65.2 Å². The van der Waals surface area contributed by atoms with Gasteiger partial charge in [-0.3, -0.25) is 14.5 Å². The number of carbonyl (C=O) groups is 2. The van der Waals surface area contributed by atoms with E-state index in [0.29, 0.717) is 26.2 Å². The van der Waals surface area contributed by atoms with E-state index in [9.17, 15) is 18.4 Å². The van der Waals surface area contributed by atoms with Crippen LogP contribution in [-0.4, -0.2) is 54.3 Å². The minimum Gasteiger partial charge on any atom is -0.336 e. The lowest BCUT2D eigenvalue weighted by Gasteiger charge is -2.34. The Morgan fingerprint density at radius 3 is 2.46 bits per heavy atom. The Morgan fingerprint density at radius 2 is 1.75 bits per heavy atom. The molecular weight excluding hydrogens is 364 g/mol. The van der Waals surface area contributed by atoms with Crippen LogP contribution in [0.5, 0.6) is 0 Å². The lowest BCUT2D eigenvalue weighted by Crippen LogP contribution is -2.50. The molecule has 7 heteroatoms. The molecule has 0 bridgehead atoms. The summed E-state index contributed by atoms with van der Waals surface area (Å²) < 4.78 is 27.1. The average molecular weight is 387 g/mol. The Morgan fingerprint density at radius 1 is 1.04 bits per heavy atom. The molecule has 2 amide bonds. The van der Waals surface area contributed by atoms with Crippen LogP contribution in [0.4, 0.5) is 14.5 Å². The third-order valence-corrected chi connectivity index (χ3v) is 4.86. The summed E-state index contributed by atoms with van der Waals surface area (Å²) in [7, 11) is 0. The highest BCUT2D eigenvalue weighted by Crippen LogP contribution is 2.16. The van der Waals surface area contributed by atoms with Gasteiger partial charge in [-0.1, -0.05) is 25.1 Å². The van der Waals surface area contributed by atoms with Gasteiger partial charge in [0.2, 0.25) is 5.91 Å². The number of rotatable bonds is 5. The molecule has 1 heterocycles. The Hall–Kier alpha value is -2.80. The predicted octanol–water partition coefficient (Wildman–Crippen LogP) is 2.92. The Labute approximate surface area is 162 Å². The van der Waals surface area contributed by atoms with Crippen molar-refractivity contribution < 1.29 is 18.4 Å². The maximum absolute atomic E-state index is 13.8. The number of amides is 2. The Balaban J connectivity index is 1.53. The normalized spacial score (nSPS) is 14.8. The highest BCUT2D eigenvalue weighted by atomic mass is 19.1. The van der Waals surface area contributed by atoms with Crippen LogP contribution < -0.4 is 5.32 Å². The van der Waals surface area contributed by atoms with Crippen molar-refractivity contribution >= 4 is 17.5 Å². The molecule has 0 atom stereocenters. The fourth-order valence-corrected chi connectivity index (χ4v) is 3.28. The molecule has 0 aliphatic carbocycles. The number of carbonyl (C=O) groups excluding carboxylic acids is 2. The van der Waals surface area contributed by atoms with Crippen LogP contribution in [0.2, 0.25) is 0 Å². The molecule has 1 aliphatic heterocycles. The summed E-state index contributed by atoms with van der Waals surface area (Å²) in [4.78, 5) is 28.2. The number of hydrogen-bond donors (Lipinski definition) is 1. The van der Waals surface area contributed by atoms with Crippen LogP contribution in [0.25, 0.3) is 0 Å². The molecule has 0 spiro atoms. The van der Waals surface area contributed by atoms with E-state index >= 15 is 0 Å². The number of halogens is 2. The summed E-state index contributed by atoms with van der Waals surface area (Å²) in [6.45, 7) is 3.94. The second-order valence-corrected chi connectivity index (χ2v) is 6.75. The van der Waals surface area contributed by atoms with Crippen molar-refractivity contribution in [3.63, 3.8) is 0 Å². The van der Waals surface area contributed by atoms with Crippen LogP contribution in [0, 0.1) is 11.6 Å². The van der Waals surface area contributed by atoms with E-state index in [1.165, 1.54) is 4.90 Å². The predicted molar refractivity (Wildman–Crippen MR) is 103 cm³/mol. The molecule has 148 valence electrons. The summed E-state index contributed by atoms with van der Waals surface area (Å²) in [6, 6.07) is 10.5. The van der Waals surface area contributed by atoms with Crippen LogP contribution in [0.15, 0.2) is 42.5 Å². The molecule has 2 aromatic carbocycles. The van der Waals surface area contributed by atoms with Crippen molar-refractivity contribution in [2.75, 3.05) is 38.0 Å². The minimum absolute atomic E-state index is 0.114. The standard InChI is InChI=1S/C21H23F2N3O2/c1-2-15-5-3-4-6-19(15)24-20(27)14-25-9-11-26(12-10-25)21(28)17-13-16(22)7-8-18(17)23/h3-8,13H,2,9-12,14H2,1H3,(H,24,27). The van der Waals surface area contributed by atoms with Gasteiger partial charge in [-0.25, -0.2) is 8.78 Å². The molecule has 1 N–H and O–H groups in total. The van der Waals surface area contributed by atoms with Gasteiger partial charge in [0.1, 0.15) is 11.6 Å². The van der Waals surface area contributed by atoms with Crippen molar-refractivity contribution in [3.8, 4) is 0 Å². The van der Waals surface area contributed by atoms with Gasteiger partial charge in [-0.2, -0.15) is 0 Å². The third-order valence-electron chi connectivity index (χ3n) is 4.86. The van der Waals surface area contributed by atoms with E-state index in [1.807, 2.05) is 36.1 Å². The number of nitrogens with zero attached hydrogens (tertiary/aromatic N) is 2. The van der Waals surface area contributed by atoms with Crippen LogP contribution >= 0.6 is 0 Å². The molecule has 1 fully saturated rings. The minimum atomic E-state index is -0.734. The maximum atomic E-state index is 13.8. The molecule has 5 nitrogen and oxygen atoms in total. The first-order valence-electron chi connectivity index (χ1n) is 9.32. The van der Waals surface area contributed by atoms with Crippen LogP contribution in [-0.2, 0) is 11.2 Å². The lowest BCUT2D eigenvalue weighted by molar-refractivity contribution is -0.117. The number of hydrogen-bond acceptors (Lipinski definition) is 3. The summed E-state index contributed by atoms with van der Waals surface area (Å²) in [5.41, 5.74) is 1.62. The van der Waals surface area contributed by atoms with Crippen molar-refractivity contribution in [2.45, 2.75) is 13.3 Å². The van der Waals surface area contributed by atoms with E-state index in [1.54, 1.807) is 0 Å². The highest BCUT2D eigenvalue weighted by molar-refractivity contribution is 5.95. The van der Waals surface area contributed by atoms with Gasteiger partial charge < -0.3 is 10.2 Å². The highest BCUT2D eigenvalue weighted by Gasteiger charge is 2.25. The average Bonchev–Trinajstić information content (AvgIpc) is 2.70. The smallest absolute Gasteiger partial charge is 0.257 e. The first kappa shape index (κ1) is 19.9. The Kier molecular flexibility index (Phi) is 6.36. The molecular formula is C21H23F2N3O2. The van der Waals surface area contributed by atoms with Gasteiger partial charge in [0.05, 0.1) is 12.1 Å². The summed E-state index contributed by atoms with van der Waals surface area (Å²) in [5, 5.41) is 2.93. The fourth-order valence-electron chi connectivity index (χ4n) is 3.28. The van der Waals surface area contributed by atoms with Gasteiger partial charge in [0, 0.05) is 31.9 Å². The molecule has 2 aromatic rings. The van der Waals surface area contributed by atoms with Gasteiger partial charge in [0.15, 0.2) is 0 Å². The fraction of sp³-hybridized carbons (Fsp3) is 0.333. The molecule has 0 aromatic heterocycles. The molecule has 1 aliphatic rings. The van der Waals surface area contributed by atoms with Gasteiger partial charge in [-0.05, 0) is 36.2 Å². The SMILES string of the molecule is CCc1ccccc1NC(=O)CN1CCN(C(=O)c2cc(F)ccc2F)CC1. The zero-order chi connectivity index (χ0) is 20.1. The first-order valence-corrected chi connectivity index (χ1v) is 9.32. The van der Waals surface area contributed by atoms with Crippen molar-refractivity contribution in [1.82, 2.24) is 9.80 Å². The second kappa shape index (κ2) is 8.93. The number of para-hydroxylation sites is 1. The van der Waals surface area contributed by atoms with E-state index in [2.05, 4.69) is 5.32 Å². The van der Waals surface area contributed by atoms with E-state index in [4.69, 9.17) is 0 Å². The molecule has 0 unspecified atom stereocenters. The van der Waals surface area contributed by atoms with Crippen molar-refractivity contribution in [2.24, 2.45) is 0 Å². The second-order valence-electron chi connectivity index (χ2n) is 6.75. The number of nitrogens with one attached hydrogen (secondary N) is 1. The molecule has 1 saturated heterocycles. The van der Waals surface area contributed by atoms with Crippen molar-refractivity contribution in [1.29, 1.82) is 0 Å². The number of piperazine rings is 1. The van der Waals surface area contributed by atoms with Crippen LogP contribution in [0.3, 0.4) is 0 Å². The lowest BCUT2D eigenvalue weighted by atomic mass is 10.1. The van der Waals surface area contributed by atoms with E-state index in [-0.39, 0.29) is 18.0 Å². The summed E-state index contributed by atoms with van der Waals surface area (Å²) >= 11 is 0. The zero-order valence-corrected chi connectivity index (χ0v) is 15.8. The molecule has 0 saturated carbocycles. The molecule has 28 heavy (non-hydrogen) atoms. The number of aryl methyl sites for hydroxylation is 1. The first-order chi connectivity index (χ1) is 13.5. The Bertz CT molecular complexity index is 864. The monoisotopic (exact) mass is 387 g/mol. The van der Waals surface area contributed by atoms with Crippen LogP contribution in [0.1, 0.15) is 22.8 Å². The maximum Gasteiger partial charge on any atom is 0.257 e. The molecule has 3 rings (SSSR count). The summed E-state index contributed by atoms with van der Waals surface area (Å²) in [6.07, 6.45) is 0.827. The number of benzene rings is 2. The van der Waals surface area contributed by atoms with E-state index in [0.717, 1.165) is 35.9 Å². The number of anilines is 1. The largest absolute Gasteiger partial charge is 0.336 e. The quantitative estimate of drug-likeness (QED) is 0.858. The summed E-state index contributed by atoms with van der Waals surface area (Å²) in [5.74, 6) is -2.02. The van der Waals surface area contributed by atoms with Gasteiger partial charge >= 0.3 is 0 Å². The topological polar surface area (TPSA) is 52.7 Å². The van der Waals surface area contributed by atoms with E-state index < -0.39 is 17.5 Å². The van der Waals surface area contributed by atoms with Gasteiger partial charge in [-0.15, -0.1) is 0 Å². The van der Waals surface area contributed by atoms with Gasteiger partial charge in [0.25, 0.3) is 5.91 Å².